The van der Waals surface area contributed by atoms with Crippen LogP contribution >= 0.6 is 0 Å². The number of aromatic carboxylic acids is 1. The van der Waals surface area contributed by atoms with E-state index in [-0.39, 0.29) is 12.2 Å². The number of rotatable bonds is 6. The predicted octanol–water partition coefficient (Wildman–Crippen LogP) is 3.66. The Balaban J connectivity index is 2.28. The highest BCUT2D eigenvalue weighted by Crippen LogP contribution is 2.29. The number of aromatic nitrogens is 2. The molecule has 152 valence electrons. The predicted molar refractivity (Wildman–Crippen MR) is 93.5 cm³/mol. The average molecular weight is 399 g/mol. The Kier molecular flexibility index (Phi) is 6.01. The first-order valence-electron chi connectivity index (χ1n) is 8.27. The van der Waals surface area contributed by atoms with Crippen LogP contribution in [-0.4, -0.2) is 39.2 Å². The second-order valence-corrected chi connectivity index (χ2v) is 7.00. The highest BCUT2D eigenvalue weighted by Gasteiger charge is 2.36. The van der Waals surface area contributed by atoms with Crippen LogP contribution in [0.3, 0.4) is 0 Å². The van der Waals surface area contributed by atoms with E-state index < -0.39 is 41.6 Å². The summed E-state index contributed by atoms with van der Waals surface area (Å²) in [6, 6.07) is 6.74. The van der Waals surface area contributed by atoms with Crippen LogP contribution in [0.5, 0.6) is 0 Å². The van der Waals surface area contributed by atoms with Crippen LogP contribution in [0.15, 0.2) is 30.3 Å². The molecule has 0 saturated carbocycles. The Morgan fingerprint density at radius 2 is 1.93 bits per heavy atom. The average Bonchev–Trinajstić information content (AvgIpc) is 3.05. The summed E-state index contributed by atoms with van der Waals surface area (Å²) in [5, 5.41) is 15.4. The second-order valence-electron chi connectivity index (χ2n) is 7.00. The Labute approximate surface area is 159 Å². The van der Waals surface area contributed by atoms with Gasteiger partial charge in [-0.15, -0.1) is 0 Å². The number of nitrogens with zero attached hydrogens (tertiary/aromatic N) is 2. The van der Waals surface area contributed by atoms with E-state index in [9.17, 15) is 27.9 Å². The molecule has 0 aliphatic rings. The summed E-state index contributed by atoms with van der Waals surface area (Å²) in [5.74, 6) is -5.39. The maximum absolute atomic E-state index is 13.6. The number of hydrogen-bond acceptors (Lipinski definition) is 4. The van der Waals surface area contributed by atoms with Gasteiger partial charge < -0.3 is 15.2 Å². The Morgan fingerprint density at radius 1 is 1.25 bits per heavy atom. The minimum absolute atomic E-state index is 0.0555. The van der Waals surface area contributed by atoms with E-state index in [0.717, 1.165) is 4.68 Å². The van der Waals surface area contributed by atoms with E-state index in [2.05, 4.69) is 10.4 Å². The highest BCUT2D eigenvalue weighted by atomic mass is 19.3. The molecule has 7 nitrogen and oxygen atoms in total. The first kappa shape index (κ1) is 21.3. The van der Waals surface area contributed by atoms with Crippen molar-refractivity contribution in [2.24, 2.45) is 0 Å². The molecule has 0 bridgehead atoms. The lowest BCUT2D eigenvalue weighted by Crippen LogP contribution is -2.32. The summed E-state index contributed by atoms with van der Waals surface area (Å²) in [4.78, 5) is 23.1. The number of nitrogens with one attached hydrogen (secondary N) is 1. The van der Waals surface area contributed by atoms with Gasteiger partial charge in [0.15, 0.2) is 12.4 Å². The standard InChI is InChI=1S/C18H20F3N3O4/c1-17(2,3)28-16(27)22-9-11-5-4-6-12(7-11)24-13(15(25)26)8-14(23-24)18(20,21)10-19/h4-8H,9-10H2,1-3H3,(H,22,27)(H,25,26). The van der Waals surface area contributed by atoms with Gasteiger partial charge in [0.25, 0.3) is 0 Å². The summed E-state index contributed by atoms with van der Waals surface area (Å²) >= 11 is 0. The largest absolute Gasteiger partial charge is 0.477 e. The molecule has 2 N–H and O–H groups in total. The van der Waals surface area contributed by atoms with Gasteiger partial charge in [-0.3, -0.25) is 0 Å². The van der Waals surface area contributed by atoms with Crippen molar-refractivity contribution in [3.05, 3.63) is 47.3 Å². The van der Waals surface area contributed by atoms with Crippen LogP contribution in [0, 0.1) is 0 Å². The fraction of sp³-hybridized carbons (Fsp3) is 0.389. The molecule has 0 radical (unpaired) electrons. The summed E-state index contributed by atoms with van der Waals surface area (Å²) in [6.07, 6.45) is -0.645. The van der Waals surface area contributed by atoms with Gasteiger partial charge in [0.1, 0.15) is 11.3 Å². The molecule has 0 atom stereocenters. The Bertz CT molecular complexity index is 875. The van der Waals surface area contributed by atoms with Crippen molar-refractivity contribution in [3.8, 4) is 5.69 Å². The molecule has 1 aromatic heterocycles. The van der Waals surface area contributed by atoms with Crippen molar-refractivity contribution in [2.45, 2.75) is 38.8 Å². The van der Waals surface area contributed by atoms with Gasteiger partial charge in [0.05, 0.1) is 5.69 Å². The zero-order chi connectivity index (χ0) is 21.1. The van der Waals surface area contributed by atoms with Crippen LogP contribution in [0.4, 0.5) is 18.0 Å². The van der Waals surface area contributed by atoms with Gasteiger partial charge in [0, 0.05) is 12.6 Å². The molecule has 0 saturated heterocycles. The molecule has 2 rings (SSSR count). The summed E-state index contributed by atoms with van der Waals surface area (Å²) in [6.45, 7) is 3.19. The molecule has 0 unspecified atom stereocenters. The van der Waals surface area contributed by atoms with E-state index in [1.807, 2.05) is 0 Å². The number of carbonyl (C=O) groups excluding carboxylic acids is 1. The van der Waals surface area contributed by atoms with Crippen molar-refractivity contribution < 1.29 is 32.6 Å². The van der Waals surface area contributed by atoms with E-state index in [4.69, 9.17) is 4.74 Å². The van der Waals surface area contributed by atoms with Crippen molar-refractivity contribution in [3.63, 3.8) is 0 Å². The van der Waals surface area contributed by atoms with Gasteiger partial charge in [-0.05, 0) is 38.5 Å². The first-order chi connectivity index (χ1) is 12.9. The van der Waals surface area contributed by atoms with Crippen molar-refractivity contribution in [1.29, 1.82) is 0 Å². The zero-order valence-corrected chi connectivity index (χ0v) is 15.5. The van der Waals surface area contributed by atoms with E-state index >= 15 is 0 Å². The SMILES string of the molecule is CC(C)(C)OC(=O)NCc1cccc(-n2nc(C(F)(F)CF)cc2C(=O)O)c1. The van der Waals surface area contributed by atoms with Gasteiger partial charge in [0.2, 0.25) is 0 Å². The number of alkyl carbamates (subject to hydrolysis) is 1. The molecule has 1 amide bonds. The Hall–Kier alpha value is -3.04. The maximum atomic E-state index is 13.6. The van der Waals surface area contributed by atoms with E-state index in [0.29, 0.717) is 11.6 Å². The number of hydrogen-bond donors (Lipinski definition) is 2. The molecule has 0 spiro atoms. The number of benzene rings is 1. The highest BCUT2D eigenvalue weighted by molar-refractivity contribution is 5.86. The maximum Gasteiger partial charge on any atom is 0.407 e. The molecule has 1 aromatic carbocycles. The van der Waals surface area contributed by atoms with Gasteiger partial charge >= 0.3 is 18.0 Å². The molecule has 0 fully saturated rings. The molecule has 0 aliphatic carbocycles. The normalized spacial score (nSPS) is 11.9. The van der Waals surface area contributed by atoms with Crippen LogP contribution in [0.25, 0.3) is 5.69 Å². The number of halogens is 3. The molecule has 10 heteroatoms. The van der Waals surface area contributed by atoms with Crippen molar-refractivity contribution >= 4 is 12.1 Å². The smallest absolute Gasteiger partial charge is 0.407 e. The molecular weight excluding hydrogens is 379 g/mol. The Morgan fingerprint density at radius 3 is 2.50 bits per heavy atom. The lowest BCUT2D eigenvalue weighted by atomic mass is 10.2. The van der Waals surface area contributed by atoms with Crippen LogP contribution in [-0.2, 0) is 17.2 Å². The third-order valence-electron chi connectivity index (χ3n) is 3.46. The minimum Gasteiger partial charge on any atom is -0.477 e. The van der Waals surface area contributed by atoms with Crippen molar-refractivity contribution in [1.82, 2.24) is 15.1 Å². The molecular formula is C18H20F3N3O4. The third kappa shape index (κ3) is 5.24. The molecule has 28 heavy (non-hydrogen) atoms. The number of carboxylic acid groups (broad SMARTS) is 1. The fourth-order valence-electron chi connectivity index (χ4n) is 2.26. The second kappa shape index (κ2) is 7.91. The van der Waals surface area contributed by atoms with Crippen LogP contribution < -0.4 is 5.32 Å². The summed E-state index contributed by atoms with van der Waals surface area (Å²) < 4.78 is 45.6. The zero-order valence-electron chi connectivity index (χ0n) is 15.5. The fourth-order valence-corrected chi connectivity index (χ4v) is 2.26. The lowest BCUT2D eigenvalue weighted by Gasteiger charge is -2.19. The number of ether oxygens (including phenoxy) is 1. The monoisotopic (exact) mass is 399 g/mol. The molecule has 2 aromatic rings. The van der Waals surface area contributed by atoms with Crippen LogP contribution in [0.1, 0.15) is 42.5 Å². The summed E-state index contributed by atoms with van der Waals surface area (Å²) in [7, 11) is 0. The number of alkyl halides is 3. The van der Waals surface area contributed by atoms with Gasteiger partial charge in [-0.1, -0.05) is 12.1 Å². The minimum atomic E-state index is -3.90. The molecule has 1 heterocycles. The number of carbonyl (C=O) groups is 2. The quantitative estimate of drug-likeness (QED) is 0.773. The summed E-state index contributed by atoms with van der Waals surface area (Å²) in [5.41, 5.74) is -1.48. The third-order valence-corrected chi connectivity index (χ3v) is 3.46. The first-order valence-corrected chi connectivity index (χ1v) is 8.27. The number of carboxylic acids is 1. The topological polar surface area (TPSA) is 93.5 Å². The van der Waals surface area contributed by atoms with E-state index in [1.54, 1.807) is 32.9 Å². The van der Waals surface area contributed by atoms with E-state index in [1.165, 1.54) is 12.1 Å². The van der Waals surface area contributed by atoms with Crippen LogP contribution in [0.2, 0.25) is 0 Å². The number of amides is 1. The van der Waals surface area contributed by atoms with Gasteiger partial charge in [-0.25, -0.2) is 18.7 Å². The molecule has 0 aliphatic heterocycles. The lowest BCUT2D eigenvalue weighted by molar-refractivity contribution is -0.0324. The van der Waals surface area contributed by atoms with Crippen molar-refractivity contribution in [2.75, 3.05) is 6.67 Å². The van der Waals surface area contributed by atoms with Gasteiger partial charge in [-0.2, -0.15) is 13.9 Å².